The predicted molar refractivity (Wildman–Crippen MR) is 121 cm³/mol. The number of hydrogen-bond donors (Lipinski definition) is 0. The van der Waals surface area contributed by atoms with Gasteiger partial charge in [0.25, 0.3) is 0 Å². The maximum Gasteiger partial charge on any atom is 0.144 e. The third kappa shape index (κ3) is 4.31. The number of aryl methyl sites for hydroxylation is 1. The van der Waals surface area contributed by atoms with Gasteiger partial charge in [-0.2, -0.15) is 5.26 Å². The van der Waals surface area contributed by atoms with Gasteiger partial charge >= 0.3 is 0 Å². The van der Waals surface area contributed by atoms with Crippen LogP contribution in [0.2, 0.25) is 0 Å². The molecule has 2 atom stereocenters. The number of rotatable bonds is 6. The lowest BCUT2D eigenvalue weighted by molar-refractivity contribution is -0.000920. The monoisotopic (exact) mass is 441 g/mol. The fourth-order valence-corrected chi connectivity index (χ4v) is 6.83. The predicted octanol–water partition coefficient (Wildman–Crippen LogP) is 4.28. The molecule has 3 heterocycles. The third-order valence-electron chi connectivity index (χ3n) is 7.22. The second-order valence-electron chi connectivity index (χ2n) is 8.95. The number of pyridine rings is 1. The highest BCUT2D eigenvalue weighted by Crippen LogP contribution is 2.48. The van der Waals surface area contributed by atoms with Gasteiger partial charge in [-0.1, -0.05) is 0 Å². The Balaban J connectivity index is 1.31. The molecule has 166 valence electrons. The number of nitrogens with zero attached hydrogens (tertiary/aromatic N) is 3. The molecule has 2 aliphatic carbocycles. The van der Waals surface area contributed by atoms with Crippen LogP contribution < -0.4 is 4.74 Å². The van der Waals surface area contributed by atoms with Gasteiger partial charge in [-0.3, -0.25) is 4.90 Å². The fraction of sp³-hybridized carbons (Fsp3) is 0.667. The number of hydrogen-bond acceptors (Lipinski definition) is 7. The zero-order valence-electron chi connectivity index (χ0n) is 18.2. The van der Waals surface area contributed by atoms with Gasteiger partial charge in [0.2, 0.25) is 0 Å². The van der Waals surface area contributed by atoms with Crippen LogP contribution in [0.15, 0.2) is 12.3 Å². The van der Waals surface area contributed by atoms with Gasteiger partial charge in [-0.05, 0) is 62.5 Å². The molecule has 0 radical (unpaired) electrons. The summed E-state index contributed by atoms with van der Waals surface area (Å²) in [7, 11) is 1.62. The molecule has 1 saturated heterocycles. The minimum Gasteiger partial charge on any atom is -0.490 e. The first kappa shape index (κ1) is 21.1. The standard InChI is InChI=1S/C24H31N3O3S/c1-28-19(15-25)14-16-2-7-21-22(16)23-20(8-9-26-24(23)31-21)30-18-5-3-17(4-6-18)27-10-12-29-13-11-27/h8-9,16-19H,2-7,10-14H2,1H3/t16-,17-,18-,19+/m1/s1. The van der Waals surface area contributed by atoms with Crippen LogP contribution in [0, 0.1) is 11.3 Å². The summed E-state index contributed by atoms with van der Waals surface area (Å²) in [5.41, 5.74) is 1.36. The van der Waals surface area contributed by atoms with E-state index in [4.69, 9.17) is 14.2 Å². The Hall–Kier alpha value is -1.72. The van der Waals surface area contributed by atoms with Crippen molar-refractivity contribution >= 4 is 21.6 Å². The van der Waals surface area contributed by atoms with E-state index in [0.29, 0.717) is 12.0 Å². The number of thiophene rings is 1. The van der Waals surface area contributed by atoms with E-state index in [1.165, 1.54) is 28.7 Å². The quantitative estimate of drug-likeness (QED) is 0.667. The number of fused-ring (bicyclic) bond motifs is 3. The van der Waals surface area contributed by atoms with Crippen molar-refractivity contribution in [3.8, 4) is 11.8 Å². The lowest BCUT2D eigenvalue weighted by Gasteiger charge is -2.38. The number of methoxy groups -OCH3 is 1. The molecule has 0 amide bonds. The van der Waals surface area contributed by atoms with Gasteiger partial charge < -0.3 is 14.2 Å². The van der Waals surface area contributed by atoms with Gasteiger partial charge in [0.1, 0.15) is 16.7 Å². The highest BCUT2D eigenvalue weighted by Gasteiger charge is 2.33. The topological polar surface area (TPSA) is 67.6 Å². The van der Waals surface area contributed by atoms with Crippen LogP contribution in [0.25, 0.3) is 10.2 Å². The number of ether oxygens (including phenoxy) is 3. The van der Waals surface area contributed by atoms with Crippen molar-refractivity contribution in [3.63, 3.8) is 0 Å². The number of aromatic nitrogens is 1. The third-order valence-corrected chi connectivity index (χ3v) is 8.40. The molecule has 7 heteroatoms. The summed E-state index contributed by atoms with van der Waals surface area (Å²) in [5, 5.41) is 10.6. The average molecular weight is 442 g/mol. The molecule has 1 aliphatic heterocycles. The van der Waals surface area contributed by atoms with E-state index < -0.39 is 0 Å². The molecule has 0 bridgehead atoms. The van der Waals surface area contributed by atoms with Gasteiger partial charge in [0.05, 0.1) is 30.8 Å². The average Bonchev–Trinajstić information content (AvgIpc) is 3.38. The molecule has 0 spiro atoms. The summed E-state index contributed by atoms with van der Waals surface area (Å²) in [6, 6.07) is 5.00. The molecule has 31 heavy (non-hydrogen) atoms. The Labute approximate surface area is 188 Å². The van der Waals surface area contributed by atoms with Crippen LogP contribution in [0.1, 0.15) is 54.9 Å². The summed E-state index contributed by atoms with van der Waals surface area (Å²) in [4.78, 5) is 9.73. The summed E-state index contributed by atoms with van der Waals surface area (Å²) >= 11 is 1.79. The smallest absolute Gasteiger partial charge is 0.144 e. The van der Waals surface area contributed by atoms with E-state index >= 15 is 0 Å². The molecular formula is C24H31N3O3S. The molecule has 2 aromatic heterocycles. The van der Waals surface area contributed by atoms with E-state index in [2.05, 4.69) is 16.0 Å². The minimum absolute atomic E-state index is 0.268. The highest BCUT2D eigenvalue weighted by atomic mass is 32.1. The molecule has 5 rings (SSSR count). The zero-order chi connectivity index (χ0) is 21.2. The van der Waals surface area contributed by atoms with E-state index in [-0.39, 0.29) is 12.2 Å². The molecule has 0 N–H and O–H groups in total. The van der Waals surface area contributed by atoms with Crippen molar-refractivity contribution in [3.05, 3.63) is 22.7 Å². The molecular weight excluding hydrogens is 410 g/mol. The van der Waals surface area contributed by atoms with Crippen LogP contribution in [0.3, 0.4) is 0 Å². The zero-order valence-corrected chi connectivity index (χ0v) is 19.0. The Kier molecular flexibility index (Phi) is 6.42. The lowest BCUT2D eigenvalue weighted by Crippen LogP contribution is -2.46. The van der Waals surface area contributed by atoms with Crippen LogP contribution >= 0.6 is 11.3 Å². The lowest BCUT2D eigenvalue weighted by atomic mass is 9.91. The molecule has 2 fully saturated rings. The van der Waals surface area contributed by atoms with Crippen LogP contribution in [-0.4, -0.2) is 61.5 Å². The summed E-state index contributed by atoms with van der Waals surface area (Å²) in [6.07, 6.45) is 9.26. The molecule has 3 aliphatic rings. The van der Waals surface area contributed by atoms with Crippen molar-refractivity contribution in [1.82, 2.24) is 9.88 Å². The SMILES string of the molecule is CO[C@H](C#N)C[C@H]1CCc2sc3nccc(O[C@H]4CC[C@H](N5CCOCC5)CC4)c3c21. The van der Waals surface area contributed by atoms with E-state index in [0.717, 1.165) is 69.0 Å². The Morgan fingerprint density at radius 1 is 1.26 bits per heavy atom. The molecule has 0 aromatic carbocycles. The van der Waals surface area contributed by atoms with Crippen molar-refractivity contribution < 1.29 is 14.2 Å². The van der Waals surface area contributed by atoms with Crippen molar-refractivity contribution in [2.75, 3.05) is 33.4 Å². The first-order valence-electron chi connectivity index (χ1n) is 11.6. The van der Waals surface area contributed by atoms with Crippen LogP contribution in [0.5, 0.6) is 5.75 Å². The number of morpholine rings is 1. The Morgan fingerprint density at radius 2 is 2.06 bits per heavy atom. The van der Waals surface area contributed by atoms with Gasteiger partial charge in [-0.15, -0.1) is 11.3 Å². The molecule has 1 saturated carbocycles. The minimum atomic E-state index is -0.359. The second-order valence-corrected chi connectivity index (χ2v) is 10.0. The highest BCUT2D eigenvalue weighted by molar-refractivity contribution is 7.19. The summed E-state index contributed by atoms with van der Waals surface area (Å²) < 4.78 is 17.5. The van der Waals surface area contributed by atoms with Gasteiger partial charge in [0, 0.05) is 37.3 Å². The molecule has 2 aromatic rings. The number of nitriles is 1. The first-order chi connectivity index (χ1) is 15.3. The molecule has 6 nitrogen and oxygen atoms in total. The second kappa shape index (κ2) is 9.41. The largest absolute Gasteiger partial charge is 0.490 e. The maximum absolute atomic E-state index is 9.36. The van der Waals surface area contributed by atoms with E-state index in [1.807, 2.05) is 12.3 Å². The van der Waals surface area contributed by atoms with Crippen molar-refractivity contribution in [2.45, 2.75) is 69.1 Å². The van der Waals surface area contributed by atoms with Crippen molar-refractivity contribution in [2.24, 2.45) is 0 Å². The van der Waals surface area contributed by atoms with Crippen molar-refractivity contribution in [1.29, 1.82) is 5.26 Å². The Bertz CT molecular complexity index is 941. The van der Waals surface area contributed by atoms with E-state index in [1.54, 1.807) is 18.4 Å². The molecule has 0 unspecified atom stereocenters. The van der Waals surface area contributed by atoms with Gasteiger partial charge in [-0.25, -0.2) is 4.98 Å². The fourth-order valence-electron chi connectivity index (χ4n) is 5.57. The van der Waals surface area contributed by atoms with Crippen LogP contribution in [0.4, 0.5) is 0 Å². The van der Waals surface area contributed by atoms with Crippen LogP contribution in [-0.2, 0) is 15.9 Å². The van der Waals surface area contributed by atoms with E-state index in [9.17, 15) is 5.26 Å². The first-order valence-corrected chi connectivity index (χ1v) is 12.4. The van der Waals surface area contributed by atoms with Gasteiger partial charge in [0.15, 0.2) is 0 Å². The summed E-state index contributed by atoms with van der Waals surface area (Å²) in [6.45, 7) is 3.86. The Morgan fingerprint density at radius 3 is 2.81 bits per heavy atom. The summed E-state index contributed by atoms with van der Waals surface area (Å²) in [5.74, 6) is 1.33. The normalized spacial score (nSPS) is 27.7. The maximum atomic E-state index is 9.36.